The summed E-state index contributed by atoms with van der Waals surface area (Å²) in [4.78, 5) is 0. The fraction of sp³-hybridized carbons (Fsp3) is 0.455. The van der Waals surface area contributed by atoms with E-state index in [9.17, 15) is 4.39 Å². The predicted octanol–water partition coefficient (Wildman–Crippen LogP) is 6.32. The van der Waals surface area contributed by atoms with E-state index in [1.165, 1.54) is 6.07 Å². The van der Waals surface area contributed by atoms with Crippen molar-refractivity contribution in [2.24, 2.45) is 11.8 Å². The molecule has 2 heteroatoms. The van der Waals surface area contributed by atoms with E-state index in [0.717, 1.165) is 11.1 Å². The summed E-state index contributed by atoms with van der Waals surface area (Å²) in [5.74, 6) is 0.239. The zero-order chi connectivity index (χ0) is 17.9. The van der Waals surface area contributed by atoms with Crippen molar-refractivity contribution in [2.75, 3.05) is 0 Å². The lowest BCUT2D eigenvalue weighted by atomic mass is 9.74. The summed E-state index contributed by atoms with van der Waals surface area (Å²) < 4.78 is 28.8. The Labute approximate surface area is 144 Å². The molecule has 0 radical (unpaired) electrons. The SMILES string of the molecule is CC(Cc1ccccc1F)Cc1cccc(C(C)(C)C(C)C)c1F. The summed E-state index contributed by atoms with van der Waals surface area (Å²) in [6.45, 7) is 10.5. The minimum Gasteiger partial charge on any atom is -0.207 e. The maximum atomic E-state index is 15.0. The standard InChI is InChI=1S/C22H28F2/c1-15(2)22(4,5)19-11-8-10-18(21(19)24)14-16(3)13-17-9-6-7-12-20(17)23/h6-12,15-16H,13-14H2,1-5H3. The zero-order valence-electron chi connectivity index (χ0n) is 15.4. The molecule has 0 aliphatic heterocycles. The summed E-state index contributed by atoms with van der Waals surface area (Å²) in [6, 6.07) is 12.5. The van der Waals surface area contributed by atoms with E-state index in [0.29, 0.717) is 24.3 Å². The Morgan fingerprint density at radius 2 is 1.42 bits per heavy atom. The van der Waals surface area contributed by atoms with Crippen LogP contribution in [-0.2, 0) is 18.3 Å². The van der Waals surface area contributed by atoms with Crippen LogP contribution in [0.4, 0.5) is 8.78 Å². The fourth-order valence-electron chi connectivity index (χ4n) is 3.03. The third-order valence-corrected chi connectivity index (χ3v) is 5.31. The lowest BCUT2D eigenvalue weighted by Gasteiger charge is -2.31. The summed E-state index contributed by atoms with van der Waals surface area (Å²) in [5, 5.41) is 0. The number of hydrogen-bond donors (Lipinski definition) is 0. The lowest BCUT2D eigenvalue weighted by Crippen LogP contribution is -2.26. The third kappa shape index (κ3) is 4.03. The lowest BCUT2D eigenvalue weighted by molar-refractivity contribution is 0.355. The molecule has 1 unspecified atom stereocenters. The average molecular weight is 330 g/mol. The molecule has 0 saturated carbocycles. The summed E-state index contributed by atoms with van der Waals surface area (Å²) >= 11 is 0. The van der Waals surface area contributed by atoms with Crippen molar-refractivity contribution >= 4 is 0 Å². The smallest absolute Gasteiger partial charge is 0.130 e. The van der Waals surface area contributed by atoms with E-state index in [-0.39, 0.29) is 23.0 Å². The number of halogens is 2. The number of rotatable bonds is 6. The van der Waals surface area contributed by atoms with Crippen LogP contribution in [-0.4, -0.2) is 0 Å². The van der Waals surface area contributed by atoms with E-state index in [4.69, 9.17) is 0 Å². The Hall–Kier alpha value is -1.70. The van der Waals surface area contributed by atoms with Crippen molar-refractivity contribution in [3.05, 3.63) is 70.8 Å². The topological polar surface area (TPSA) is 0 Å². The molecule has 0 heterocycles. The van der Waals surface area contributed by atoms with Crippen molar-refractivity contribution in [2.45, 2.75) is 52.9 Å². The normalized spacial score (nSPS) is 13.3. The quantitative estimate of drug-likeness (QED) is 0.581. The van der Waals surface area contributed by atoms with Gasteiger partial charge in [-0.15, -0.1) is 0 Å². The van der Waals surface area contributed by atoms with Crippen molar-refractivity contribution < 1.29 is 8.78 Å². The molecule has 0 fully saturated rings. The van der Waals surface area contributed by atoms with Gasteiger partial charge in [-0.05, 0) is 52.8 Å². The van der Waals surface area contributed by atoms with Gasteiger partial charge in [0.25, 0.3) is 0 Å². The highest BCUT2D eigenvalue weighted by molar-refractivity contribution is 5.32. The molecule has 2 rings (SSSR count). The van der Waals surface area contributed by atoms with Crippen molar-refractivity contribution in [1.29, 1.82) is 0 Å². The molecular formula is C22H28F2. The summed E-state index contributed by atoms with van der Waals surface area (Å²) in [6.07, 6.45) is 1.23. The van der Waals surface area contributed by atoms with E-state index in [1.54, 1.807) is 12.1 Å². The molecule has 0 aliphatic rings. The molecule has 0 aliphatic carbocycles. The van der Waals surface area contributed by atoms with Gasteiger partial charge in [-0.25, -0.2) is 8.78 Å². The molecule has 1 atom stereocenters. The second-order valence-electron chi connectivity index (χ2n) is 7.76. The monoisotopic (exact) mass is 330 g/mol. The van der Waals surface area contributed by atoms with Crippen LogP contribution in [0.1, 0.15) is 51.3 Å². The highest BCUT2D eigenvalue weighted by Gasteiger charge is 2.28. The van der Waals surface area contributed by atoms with Crippen LogP contribution in [0.15, 0.2) is 42.5 Å². The Morgan fingerprint density at radius 3 is 2.04 bits per heavy atom. The predicted molar refractivity (Wildman–Crippen MR) is 97.2 cm³/mol. The zero-order valence-corrected chi connectivity index (χ0v) is 15.4. The Morgan fingerprint density at radius 1 is 0.833 bits per heavy atom. The van der Waals surface area contributed by atoms with Gasteiger partial charge in [0.2, 0.25) is 0 Å². The van der Waals surface area contributed by atoms with E-state index in [1.807, 2.05) is 31.2 Å². The van der Waals surface area contributed by atoms with Crippen LogP contribution in [0, 0.1) is 23.5 Å². The van der Waals surface area contributed by atoms with Crippen molar-refractivity contribution in [3.8, 4) is 0 Å². The highest BCUT2D eigenvalue weighted by Crippen LogP contribution is 2.34. The highest BCUT2D eigenvalue weighted by atomic mass is 19.1. The Balaban J connectivity index is 2.20. The van der Waals surface area contributed by atoms with Crippen LogP contribution in [0.25, 0.3) is 0 Å². The van der Waals surface area contributed by atoms with E-state index < -0.39 is 0 Å². The minimum absolute atomic E-state index is 0.100. The van der Waals surface area contributed by atoms with Crippen LogP contribution < -0.4 is 0 Å². The van der Waals surface area contributed by atoms with E-state index >= 15 is 4.39 Å². The first kappa shape index (κ1) is 18.6. The van der Waals surface area contributed by atoms with Gasteiger partial charge < -0.3 is 0 Å². The largest absolute Gasteiger partial charge is 0.207 e. The molecule has 0 bridgehead atoms. The van der Waals surface area contributed by atoms with Crippen LogP contribution in [0.2, 0.25) is 0 Å². The van der Waals surface area contributed by atoms with Gasteiger partial charge >= 0.3 is 0 Å². The molecule has 2 aromatic carbocycles. The first-order chi connectivity index (χ1) is 11.2. The van der Waals surface area contributed by atoms with Gasteiger partial charge in [-0.3, -0.25) is 0 Å². The molecule has 0 aromatic heterocycles. The molecule has 130 valence electrons. The Kier molecular flexibility index (Phi) is 5.79. The maximum absolute atomic E-state index is 15.0. The van der Waals surface area contributed by atoms with Crippen LogP contribution in [0.3, 0.4) is 0 Å². The molecule has 24 heavy (non-hydrogen) atoms. The molecule has 0 nitrogen and oxygen atoms in total. The van der Waals surface area contributed by atoms with Gasteiger partial charge in [0.05, 0.1) is 0 Å². The van der Waals surface area contributed by atoms with Gasteiger partial charge in [0.15, 0.2) is 0 Å². The van der Waals surface area contributed by atoms with Gasteiger partial charge in [0, 0.05) is 0 Å². The van der Waals surface area contributed by atoms with Crippen LogP contribution >= 0.6 is 0 Å². The molecule has 0 saturated heterocycles. The first-order valence-corrected chi connectivity index (χ1v) is 8.74. The second-order valence-corrected chi connectivity index (χ2v) is 7.76. The Bertz CT molecular complexity index is 686. The van der Waals surface area contributed by atoms with Gasteiger partial charge in [-0.2, -0.15) is 0 Å². The van der Waals surface area contributed by atoms with Crippen molar-refractivity contribution in [3.63, 3.8) is 0 Å². The molecule has 0 N–H and O–H groups in total. The van der Waals surface area contributed by atoms with E-state index in [2.05, 4.69) is 27.7 Å². The van der Waals surface area contributed by atoms with Crippen LogP contribution in [0.5, 0.6) is 0 Å². The number of benzene rings is 2. The third-order valence-electron chi connectivity index (χ3n) is 5.31. The summed E-state index contributed by atoms with van der Waals surface area (Å²) in [7, 11) is 0. The second kappa shape index (κ2) is 7.46. The van der Waals surface area contributed by atoms with Crippen molar-refractivity contribution in [1.82, 2.24) is 0 Å². The minimum atomic E-state index is -0.213. The van der Waals surface area contributed by atoms with Gasteiger partial charge in [-0.1, -0.05) is 71.0 Å². The molecule has 0 amide bonds. The molecular weight excluding hydrogens is 302 g/mol. The number of hydrogen-bond acceptors (Lipinski definition) is 0. The maximum Gasteiger partial charge on any atom is 0.130 e. The molecule has 0 spiro atoms. The average Bonchev–Trinajstić information content (AvgIpc) is 2.51. The first-order valence-electron chi connectivity index (χ1n) is 8.74. The van der Waals surface area contributed by atoms with Gasteiger partial charge in [0.1, 0.15) is 11.6 Å². The fourth-order valence-corrected chi connectivity index (χ4v) is 3.03. The molecule has 2 aromatic rings. The summed E-state index contributed by atoms with van der Waals surface area (Å²) in [5.41, 5.74) is 1.98.